The normalized spacial score (nSPS) is 22.0. The maximum Gasteiger partial charge on any atom is 0.315 e. The molecule has 3 N–H and O–H groups in total. The molecule has 1 aliphatic carbocycles. The van der Waals surface area contributed by atoms with E-state index in [1.807, 2.05) is 0 Å². The number of ether oxygens (including phenoxy) is 1. The van der Waals surface area contributed by atoms with Gasteiger partial charge in [0.15, 0.2) is 11.6 Å². The molecule has 0 saturated heterocycles. The highest BCUT2D eigenvalue weighted by molar-refractivity contribution is 5.74. The number of hydrogen-bond acceptors (Lipinski definition) is 3. The maximum atomic E-state index is 13.8. The van der Waals surface area contributed by atoms with Crippen LogP contribution in [0.4, 0.5) is 9.18 Å². The Morgan fingerprint density at radius 1 is 1.41 bits per heavy atom. The zero-order chi connectivity index (χ0) is 15.5. The van der Waals surface area contributed by atoms with E-state index in [1.165, 1.54) is 6.07 Å². The van der Waals surface area contributed by atoms with E-state index >= 15 is 0 Å². The van der Waals surface area contributed by atoms with Gasteiger partial charge in [0.1, 0.15) is 0 Å². The van der Waals surface area contributed by atoms with Crippen molar-refractivity contribution >= 4 is 6.03 Å². The van der Waals surface area contributed by atoms with Crippen LogP contribution in [0.5, 0.6) is 5.75 Å². The second kappa shape index (κ2) is 6.52. The van der Waals surface area contributed by atoms with Gasteiger partial charge in [-0.1, -0.05) is 12.1 Å². The number of aliphatic hydroxyl groups is 1. The average Bonchev–Trinajstić information content (AvgIpc) is 3.33. The molecule has 1 saturated carbocycles. The molecular weight excluding hydrogens is 287 g/mol. The van der Waals surface area contributed by atoms with Crippen LogP contribution in [-0.2, 0) is 0 Å². The van der Waals surface area contributed by atoms with Gasteiger partial charge in [-0.05, 0) is 37.7 Å². The van der Waals surface area contributed by atoms with Gasteiger partial charge in [0.25, 0.3) is 0 Å². The Balaban J connectivity index is 1.61. The minimum absolute atomic E-state index is 0.225. The fourth-order valence-corrected chi connectivity index (χ4v) is 2.77. The monoisotopic (exact) mass is 308 g/mol. The zero-order valence-corrected chi connectivity index (χ0v) is 12.3. The standard InChI is InChI=1S/C16H21FN2O3/c17-12-4-1-3-11-13(5-2-8-22-15(11)12)19-16(21)18-9-14(20)10-6-7-10/h1,3-4,10,13-14,20H,2,5-9H2,(H2,18,19,21). The highest BCUT2D eigenvalue weighted by atomic mass is 19.1. The summed E-state index contributed by atoms with van der Waals surface area (Å²) in [5.74, 6) is 0.139. The molecule has 1 aromatic carbocycles. The van der Waals surface area contributed by atoms with Crippen LogP contribution in [0.1, 0.15) is 37.3 Å². The quantitative estimate of drug-likeness (QED) is 0.798. The third kappa shape index (κ3) is 3.50. The largest absolute Gasteiger partial charge is 0.490 e. The molecule has 22 heavy (non-hydrogen) atoms. The number of rotatable bonds is 4. The maximum absolute atomic E-state index is 13.8. The minimum atomic E-state index is -0.479. The Bertz CT molecular complexity index is 548. The van der Waals surface area contributed by atoms with E-state index < -0.39 is 11.9 Å². The zero-order valence-electron chi connectivity index (χ0n) is 12.3. The highest BCUT2D eigenvalue weighted by Crippen LogP contribution is 2.34. The van der Waals surface area contributed by atoms with Gasteiger partial charge in [0, 0.05) is 12.1 Å². The van der Waals surface area contributed by atoms with E-state index in [9.17, 15) is 14.3 Å². The topological polar surface area (TPSA) is 70.6 Å². The van der Waals surface area contributed by atoms with Crippen LogP contribution in [0.25, 0.3) is 0 Å². The number of nitrogens with one attached hydrogen (secondary N) is 2. The number of hydrogen-bond donors (Lipinski definition) is 3. The van der Waals surface area contributed by atoms with Crippen molar-refractivity contribution in [3.05, 3.63) is 29.6 Å². The number of benzene rings is 1. The van der Waals surface area contributed by atoms with Crippen molar-refractivity contribution in [2.24, 2.45) is 5.92 Å². The molecular formula is C16H21FN2O3. The van der Waals surface area contributed by atoms with Crippen molar-refractivity contribution in [3.8, 4) is 5.75 Å². The van der Waals surface area contributed by atoms with Gasteiger partial charge >= 0.3 is 6.03 Å². The molecule has 0 aromatic heterocycles. The average molecular weight is 308 g/mol. The van der Waals surface area contributed by atoms with Crippen molar-refractivity contribution in [2.45, 2.75) is 37.8 Å². The van der Waals surface area contributed by atoms with E-state index in [1.54, 1.807) is 12.1 Å². The van der Waals surface area contributed by atoms with Crippen LogP contribution >= 0.6 is 0 Å². The third-order valence-electron chi connectivity index (χ3n) is 4.20. The fourth-order valence-electron chi connectivity index (χ4n) is 2.77. The van der Waals surface area contributed by atoms with Crippen LogP contribution < -0.4 is 15.4 Å². The predicted molar refractivity (Wildman–Crippen MR) is 79.1 cm³/mol. The van der Waals surface area contributed by atoms with Gasteiger partial charge in [-0.3, -0.25) is 0 Å². The molecule has 2 atom stereocenters. The number of amides is 2. The summed E-state index contributed by atoms with van der Waals surface area (Å²) >= 11 is 0. The van der Waals surface area contributed by atoms with Crippen LogP contribution in [0.2, 0.25) is 0 Å². The summed E-state index contributed by atoms with van der Waals surface area (Å²) in [4.78, 5) is 12.0. The van der Waals surface area contributed by atoms with E-state index in [0.717, 1.165) is 19.3 Å². The van der Waals surface area contributed by atoms with Gasteiger partial charge in [-0.15, -0.1) is 0 Å². The van der Waals surface area contributed by atoms with Crippen molar-refractivity contribution in [3.63, 3.8) is 0 Å². The lowest BCUT2D eigenvalue weighted by molar-refractivity contribution is 0.148. The number of para-hydroxylation sites is 1. The first kappa shape index (κ1) is 15.1. The molecule has 1 aromatic rings. The van der Waals surface area contributed by atoms with Gasteiger partial charge in [0.05, 0.1) is 18.8 Å². The van der Waals surface area contributed by atoms with E-state index in [0.29, 0.717) is 24.5 Å². The Labute approximate surface area is 128 Å². The van der Waals surface area contributed by atoms with Gasteiger partial charge in [-0.25, -0.2) is 9.18 Å². The highest BCUT2D eigenvalue weighted by Gasteiger charge is 2.30. The lowest BCUT2D eigenvalue weighted by Crippen LogP contribution is -2.41. The number of urea groups is 1. The lowest BCUT2D eigenvalue weighted by Gasteiger charge is -2.19. The summed E-state index contributed by atoms with van der Waals surface area (Å²) < 4.78 is 19.3. The molecule has 1 aliphatic heterocycles. The molecule has 1 heterocycles. The number of fused-ring (bicyclic) bond motifs is 1. The predicted octanol–water partition coefficient (Wildman–Crippen LogP) is 2.11. The molecule has 0 bridgehead atoms. The van der Waals surface area contributed by atoms with Crippen LogP contribution in [0.15, 0.2) is 18.2 Å². The first-order valence-corrected chi connectivity index (χ1v) is 7.79. The molecule has 1 fully saturated rings. The second-order valence-electron chi connectivity index (χ2n) is 5.96. The Morgan fingerprint density at radius 3 is 3.00 bits per heavy atom. The number of carbonyl (C=O) groups is 1. The minimum Gasteiger partial charge on any atom is -0.490 e. The molecule has 2 amide bonds. The summed E-state index contributed by atoms with van der Waals surface area (Å²) in [6, 6.07) is 4.11. The molecule has 6 heteroatoms. The molecule has 0 spiro atoms. The first-order chi connectivity index (χ1) is 10.6. The fraction of sp³-hybridized carbons (Fsp3) is 0.562. The molecule has 3 rings (SSSR count). The summed E-state index contributed by atoms with van der Waals surface area (Å²) in [5.41, 5.74) is 0.662. The molecule has 120 valence electrons. The SMILES string of the molecule is O=C(NCC(O)C1CC1)NC1CCCOc2c(F)cccc21. The van der Waals surface area contributed by atoms with Crippen molar-refractivity contribution < 1.29 is 19.0 Å². The summed E-state index contributed by atoms with van der Waals surface area (Å²) in [6.07, 6.45) is 3.00. The van der Waals surface area contributed by atoms with Crippen molar-refractivity contribution in [2.75, 3.05) is 13.2 Å². The van der Waals surface area contributed by atoms with E-state index in [4.69, 9.17) is 4.74 Å². The van der Waals surface area contributed by atoms with E-state index in [2.05, 4.69) is 10.6 Å². The third-order valence-corrected chi connectivity index (χ3v) is 4.20. The molecule has 2 aliphatic rings. The van der Waals surface area contributed by atoms with E-state index in [-0.39, 0.29) is 24.4 Å². The molecule has 2 unspecified atom stereocenters. The van der Waals surface area contributed by atoms with Gasteiger partial charge in [0.2, 0.25) is 0 Å². The number of halogens is 1. The van der Waals surface area contributed by atoms with Crippen LogP contribution in [0, 0.1) is 11.7 Å². The second-order valence-corrected chi connectivity index (χ2v) is 5.96. The summed E-state index contributed by atoms with van der Waals surface area (Å²) in [6.45, 7) is 0.684. The van der Waals surface area contributed by atoms with Crippen LogP contribution in [-0.4, -0.2) is 30.4 Å². The number of carbonyl (C=O) groups excluding carboxylic acids is 1. The molecule has 0 radical (unpaired) electrons. The lowest BCUT2D eigenvalue weighted by atomic mass is 10.0. The first-order valence-electron chi connectivity index (χ1n) is 7.79. The Morgan fingerprint density at radius 2 is 2.23 bits per heavy atom. The van der Waals surface area contributed by atoms with Gasteiger partial charge < -0.3 is 20.5 Å². The van der Waals surface area contributed by atoms with Crippen molar-refractivity contribution in [1.29, 1.82) is 0 Å². The Kier molecular flexibility index (Phi) is 4.47. The van der Waals surface area contributed by atoms with Gasteiger partial charge in [-0.2, -0.15) is 0 Å². The van der Waals surface area contributed by atoms with Crippen molar-refractivity contribution in [1.82, 2.24) is 10.6 Å². The molecule has 5 nitrogen and oxygen atoms in total. The summed E-state index contributed by atoms with van der Waals surface area (Å²) in [5, 5.41) is 15.3. The van der Waals surface area contributed by atoms with Crippen LogP contribution in [0.3, 0.4) is 0 Å². The Hall–Kier alpha value is -1.82. The summed E-state index contributed by atoms with van der Waals surface area (Å²) in [7, 11) is 0. The number of aliphatic hydroxyl groups excluding tert-OH is 1. The smallest absolute Gasteiger partial charge is 0.315 e.